The lowest BCUT2D eigenvalue weighted by atomic mass is 10.0. The number of fused-ring (bicyclic) bond motifs is 1. The number of nitrogens with one attached hydrogen (secondary N) is 1. The molecular formula is C27H27N3O2S3. The third kappa shape index (κ3) is 5.77. The standard InChI is InChI=1S/C27H27N3O2S3/c1-5-6-20-14-19(15-22-25(28)30-9-10-35-27(30)29-26(22)31)16-23(32-4)24(20)34-12-11-33-21-8-7-17(2)18(3)13-21/h5-10,13-16,28H,11-12H2,1-4H3/b6-5+,22-15-,28-25?. The number of methoxy groups -OCH3 is 1. The van der Waals surface area contributed by atoms with Crippen molar-refractivity contribution in [2.45, 2.75) is 30.6 Å². The van der Waals surface area contributed by atoms with Crippen molar-refractivity contribution < 1.29 is 9.53 Å². The number of hydrogen-bond donors (Lipinski definition) is 1. The minimum atomic E-state index is -0.397. The molecule has 0 unspecified atom stereocenters. The zero-order valence-electron chi connectivity index (χ0n) is 20.1. The van der Waals surface area contributed by atoms with Crippen molar-refractivity contribution >= 4 is 64.3 Å². The number of amidine groups is 2. The van der Waals surface area contributed by atoms with Gasteiger partial charge in [-0.1, -0.05) is 30.0 Å². The highest BCUT2D eigenvalue weighted by Gasteiger charge is 2.31. The van der Waals surface area contributed by atoms with E-state index >= 15 is 0 Å². The molecule has 2 aliphatic rings. The van der Waals surface area contributed by atoms with E-state index < -0.39 is 5.91 Å². The number of aryl methyl sites for hydroxylation is 2. The van der Waals surface area contributed by atoms with Gasteiger partial charge in [0.15, 0.2) is 5.17 Å². The molecule has 0 fully saturated rings. The zero-order chi connectivity index (χ0) is 24.9. The summed E-state index contributed by atoms with van der Waals surface area (Å²) < 4.78 is 5.75. The molecule has 0 radical (unpaired) electrons. The second-order valence-electron chi connectivity index (χ2n) is 7.96. The Kier molecular flexibility index (Phi) is 8.26. The first kappa shape index (κ1) is 25.4. The number of benzene rings is 2. The summed E-state index contributed by atoms with van der Waals surface area (Å²) in [6.07, 6.45) is 7.53. The lowest BCUT2D eigenvalue weighted by Crippen LogP contribution is -2.35. The van der Waals surface area contributed by atoms with Gasteiger partial charge in [-0.25, -0.2) is 0 Å². The smallest absolute Gasteiger partial charge is 0.283 e. The van der Waals surface area contributed by atoms with Crippen LogP contribution in [0.3, 0.4) is 0 Å². The van der Waals surface area contributed by atoms with Crippen LogP contribution in [-0.2, 0) is 4.79 Å². The van der Waals surface area contributed by atoms with Crippen LogP contribution in [0.4, 0.5) is 0 Å². The number of carbonyl (C=O) groups is 1. The van der Waals surface area contributed by atoms with Gasteiger partial charge in [-0.05, 0) is 78.8 Å². The van der Waals surface area contributed by atoms with Crippen LogP contribution in [0.1, 0.15) is 29.2 Å². The Morgan fingerprint density at radius 2 is 1.94 bits per heavy atom. The van der Waals surface area contributed by atoms with Crippen LogP contribution >= 0.6 is 35.3 Å². The van der Waals surface area contributed by atoms with Crippen molar-refractivity contribution in [3.05, 3.63) is 75.8 Å². The molecule has 2 aromatic carbocycles. The monoisotopic (exact) mass is 521 g/mol. The summed E-state index contributed by atoms with van der Waals surface area (Å²) in [5.41, 5.74) is 4.71. The summed E-state index contributed by atoms with van der Waals surface area (Å²) in [5.74, 6) is 2.40. The summed E-state index contributed by atoms with van der Waals surface area (Å²) >= 11 is 4.96. The number of hydrogen-bond acceptors (Lipinski definition) is 6. The normalized spacial score (nSPS) is 16.4. The number of carbonyl (C=O) groups excluding carboxylic acids is 1. The molecule has 35 heavy (non-hydrogen) atoms. The number of thioether (sulfide) groups is 3. The van der Waals surface area contributed by atoms with Crippen molar-refractivity contribution in [1.29, 1.82) is 5.41 Å². The lowest BCUT2D eigenvalue weighted by molar-refractivity contribution is -0.114. The number of amides is 1. The van der Waals surface area contributed by atoms with Crippen LogP contribution in [-0.4, -0.2) is 40.4 Å². The predicted molar refractivity (Wildman–Crippen MR) is 152 cm³/mol. The highest BCUT2D eigenvalue weighted by molar-refractivity contribution is 8.16. The molecular weight excluding hydrogens is 495 g/mol. The molecule has 0 atom stereocenters. The van der Waals surface area contributed by atoms with Gasteiger partial charge in [-0.3, -0.25) is 15.1 Å². The maximum atomic E-state index is 12.6. The summed E-state index contributed by atoms with van der Waals surface area (Å²) in [6, 6.07) is 10.6. The van der Waals surface area contributed by atoms with E-state index in [1.807, 2.05) is 48.4 Å². The van der Waals surface area contributed by atoms with Crippen molar-refractivity contribution in [1.82, 2.24) is 4.90 Å². The van der Waals surface area contributed by atoms with E-state index in [1.165, 1.54) is 27.8 Å². The fourth-order valence-electron chi connectivity index (χ4n) is 3.64. The summed E-state index contributed by atoms with van der Waals surface area (Å²) in [6.45, 7) is 6.26. The quantitative estimate of drug-likeness (QED) is 0.229. The van der Waals surface area contributed by atoms with Crippen molar-refractivity contribution in [2.75, 3.05) is 18.6 Å². The van der Waals surface area contributed by atoms with Crippen molar-refractivity contribution in [3.8, 4) is 5.75 Å². The molecule has 2 heterocycles. The summed E-state index contributed by atoms with van der Waals surface area (Å²) in [4.78, 5) is 20.7. The molecule has 2 aromatic rings. The van der Waals surface area contributed by atoms with E-state index in [1.54, 1.807) is 36.0 Å². The average molecular weight is 522 g/mol. The lowest BCUT2D eigenvalue weighted by Gasteiger charge is -2.22. The molecule has 2 aliphatic heterocycles. The Hall–Kier alpha value is -2.68. The van der Waals surface area contributed by atoms with Gasteiger partial charge in [0.1, 0.15) is 11.6 Å². The Morgan fingerprint density at radius 3 is 2.69 bits per heavy atom. The SMILES string of the molecule is C/C=C/c1cc(/C=C2/C(=N)N3C=CSC3=NC2=O)cc(OC)c1SCCSc1ccc(C)c(C)c1. The predicted octanol–water partition coefficient (Wildman–Crippen LogP) is 7.01. The second kappa shape index (κ2) is 11.4. The minimum Gasteiger partial charge on any atom is -0.496 e. The molecule has 1 N–H and O–H groups in total. The molecule has 0 bridgehead atoms. The molecule has 0 saturated carbocycles. The summed E-state index contributed by atoms with van der Waals surface area (Å²) in [7, 11) is 1.66. The largest absolute Gasteiger partial charge is 0.496 e. The van der Waals surface area contributed by atoms with Gasteiger partial charge >= 0.3 is 0 Å². The fourth-order valence-corrected chi connectivity index (χ4v) is 6.46. The fraction of sp³-hybridized carbons (Fsp3) is 0.222. The highest BCUT2D eigenvalue weighted by Crippen LogP contribution is 2.37. The summed E-state index contributed by atoms with van der Waals surface area (Å²) in [5, 5.41) is 10.8. The van der Waals surface area contributed by atoms with Crippen LogP contribution in [0.2, 0.25) is 0 Å². The van der Waals surface area contributed by atoms with E-state index in [2.05, 4.69) is 37.0 Å². The molecule has 4 rings (SSSR count). The van der Waals surface area contributed by atoms with Gasteiger partial charge in [0, 0.05) is 22.6 Å². The zero-order valence-corrected chi connectivity index (χ0v) is 22.6. The number of nitrogens with zero attached hydrogens (tertiary/aromatic N) is 2. The van der Waals surface area contributed by atoms with Crippen LogP contribution in [0.5, 0.6) is 5.75 Å². The van der Waals surface area contributed by atoms with E-state index in [-0.39, 0.29) is 11.4 Å². The second-order valence-corrected chi connectivity index (χ2v) is 11.1. The molecule has 0 saturated heterocycles. The van der Waals surface area contributed by atoms with Gasteiger partial charge < -0.3 is 4.74 Å². The number of allylic oxidation sites excluding steroid dienone is 1. The minimum absolute atomic E-state index is 0.134. The first-order chi connectivity index (χ1) is 16.9. The van der Waals surface area contributed by atoms with E-state index in [0.29, 0.717) is 5.17 Å². The van der Waals surface area contributed by atoms with Crippen LogP contribution in [0, 0.1) is 19.3 Å². The van der Waals surface area contributed by atoms with Crippen LogP contribution < -0.4 is 4.74 Å². The Bertz CT molecular complexity index is 1290. The number of ether oxygens (including phenoxy) is 1. The first-order valence-corrected chi connectivity index (χ1v) is 14.0. The van der Waals surface area contributed by atoms with Gasteiger partial charge in [0.25, 0.3) is 5.91 Å². The Labute approximate surface area is 219 Å². The number of rotatable bonds is 8. The maximum Gasteiger partial charge on any atom is 0.283 e. The molecule has 1 amide bonds. The molecule has 0 aliphatic carbocycles. The van der Waals surface area contributed by atoms with E-state index in [4.69, 9.17) is 10.1 Å². The van der Waals surface area contributed by atoms with Gasteiger partial charge in [0.2, 0.25) is 0 Å². The molecule has 0 aromatic heterocycles. The topological polar surface area (TPSA) is 65.8 Å². The van der Waals surface area contributed by atoms with Crippen molar-refractivity contribution in [3.63, 3.8) is 0 Å². The molecule has 180 valence electrons. The Balaban J connectivity index is 1.54. The molecule has 0 spiro atoms. The van der Waals surface area contributed by atoms with Gasteiger partial charge in [0.05, 0.1) is 17.6 Å². The highest BCUT2D eigenvalue weighted by atomic mass is 32.2. The first-order valence-electron chi connectivity index (χ1n) is 11.1. The third-order valence-electron chi connectivity index (χ3n) is 5.57. The van der Waals surface area contributed by atoms with Gasteiger partial charge in [-0.15, -0.1) is 23.5 Å². The third-order valence-corrected chi connectivity index (χ3v) is 8.72. The van der Waals surface area contributed by atoms with Crippen molar-refractivity contribution in [2.24, 2.45) is 4.99 Å². The Morgan fingerprint density at radius 1 is 1.14 bits per heavy atom. The van der Waals surface area contributed by atoms with Gasteiger partial charge in [-0.2, -0.15) is 4.99 Å². The molecule has 5 nitrogen and oxygen atoms in total. The van der Waals surface area contributed by atoms with E-state index in [0.717, 1.165) is 33.3 Å². The average Bonchev–Trinajstić information content (AvgIpc) is 3.31. The van der Waals surface area contributed by atoms with Crippen LogP contribution in [0.15, 0.2) is 68.4 Å². The maximum absolute atomic E-state index is 12.6. The van der Waals surface area contributed by atoms with Crippen LogP contribution in [0.25, 0.3) is 12.2 Å². The molecule has 8 heteroatoms. The van der Waals surface area contributed by atoms with E-state index in [9.17, 15) is 4.79 Å². The number of aliphatic imine (C=N–C) groups is 1.